The smallest absolute Gasteiger partial charge is 0.412 e. The number of carbonyl (C=O) groups excluding carboxylic acids is 5. The van der Waals surface area contributed by atoms with Crippen molar-refractivity contribution in [1.29, 1.82) is 10.8 Å². The average molecular weight is 964 g/mol. The lowest BCUT2D eigenvalue weighted by Crippen LogP contribution is -2.51. The summed E-state index contributed by atoms with van der Waals surface area (Å²) in [5, 5.41) is 24.7. The number of carbonyl (C=O) groups is 5. The van der Waals surface area contributed by atoms with Crippen molar-refractivity contribution in [3.05, 3.63) is 102 Å². The molecule has 4 aromatic carbocycles. The normalized spacial score (nSPS) is 15.5. The van der Waals surface area contributed by atoms with Gasteiger partial charge in [0.25, 0.3) is 5.91 Å². The molecular weight excluding hydrogens is 903 g/mol. The lowest BCUT2D eigenvalue weighted by molar-refractivity contribution is -0.139. The van der Waals surface area contributed by atoms with Gasteiger partial charge < -0.3 is 34.6 Å². The van der Waals surface area contributed by atoms with E-state index in [0.29, 0.717) is 108 Å². The topological polar surface area (TPSA) is 251 Å². The van der Waals surface area contributed by atoms with Gasteiger partial charge in [-0.3, -0.25) is 35.8 Å². The minimum atomic E-state index is -0.691. The van der Waals surface area contributed by atoms with Crippen molar-refractivity contribution in [2.24, 2.45) is 0 Å². The number of hydrogen-bond donors (Lipinski definition) is 7. The Bertz CT molecular complexity index is 2910. The Morgan fingerprint density at radius 2 is 1.08 bits per heavy atom. The van der Waals surface area contributed by atoms with E-state index < -0.39 is 24.3 Å². The highest BCUT2D eigenvalue weighted by molar-refractivity contribution is 6.07. The molecule has 4 heterocycles. The van der Waals surface area contributed by atoms with Gasteiger partial charge in [0, 0.05) is 46.6 Å². The van der Waals surface area contributed by atoms with Crippen LogP contribution in [0, 0.1) is 10.8 Å². The first-order chi connectivity index (χ1) is 34.5. The third-order valence-corrected chi connectivity index (χ3v) is 12.9. The number of aromatic amines is 2. The average Bonchev–Trinajstić information content (AvgIpc) is 4.22. The molecule has 0 aliphatic carbocycles. The molecule has 5 amide bonds. The van der Waals surface area contributed by atoms with Crippen LogP contribution < -0.4 is 16.0 Å². The van der Waals surface area contributed by atoms with Crippen LogP contribution in [0.15, 0.2) is 84.9 Å². The lowest BCUT2D eigenvalue weighted by atomic mass is 10.1. The maximum atomic E-state index is 14.2. The van der Waals surface area contributed by atoms with Crippen LogP contribution in [-0.4, -0.2) is 110 Å². The van der Waals surface area contributed by atoms with Crippen LogP contribution in [0.25, 0.3) is 44.8 Å². The second-order valence-electron chi connectivity index (χ2n) is 18.0. The molecule has 2 aromatic heterocycles. The molecule has 0 unspecified atom stereocenters. The van der Waals surface area contributed by atoms with Crippen LogP contribution in [0.2, 0.25) is 0 Å². The maximum absolute atomic E-state index is 14.2. The van der Waals surface area contributed by atoms with Gasteiger partial charge in [-0.25, -0.2) is 19.6 Å². The molecule has 0 spiro atoms. The molecule has 2 aliphatic rings. The number of hydrogen-bond acceptors (Lipinski definition) is 11. The van der Waals surface area contributed by atoms with Gasteiger partial charge in [-0.05, 0) is 111 Å². The second kappa shape index (κ2) is 23.1. The van der Waals surface area contributed by atoms with E-state index in [2.05, 4.69) is 39.8 Å². The monoisotopic (exact) mass is 963 g/mol. The number of aromatic nitrogens is 4. The summed E-state index contributed by atoms with van der Waals surface area (Å²) in [6, 6.07) is 23.3. The minimum Gasteiger partial charge on any atom is -0.449 e. The van der Waals surface area contributed by atoms with Crippen molar-refractivity contribution in [1.82, 2.24) is 40.4 Å². The standard InChI is InChI=1S/C53H61N11O7/c1-3-5-7-9-29-70-52(68)61-45(54)36-21-25-39-41(31-36)59-47(57-39)33-15-17-35(18-16-33)50(66)64-28-12-14-44(64)51(67)63-27-11-13-43(63)49(65)56-38-23-19-34(20-24-38)48-58-40-26-22-37(32-42(40)60-48)46(55)62-53(69)71-30-10-8-6-4-2/h15-26,31-32,43-44H,3-14,27-30H2,1-2H3,(H,56,65)(H,57,59)(H,58,60)(H2,54,61,68)(H2,55,62,69)/t43-,44-/m0/s1. The van der Waals surface area contributed by atoms with E-state index in [4.69, 9.17) is 30.3 Å². The summed E-state index contributed by atoms with van der Waals surface area (Å²) in [6.45, 7) is 5.67. The number of likely N-dealkylation sites (tertiary alicyclic amines) is 2. The number of nitrogens with one attached hydrogen (secondary N) is 7. The van der Waals surface area contributed by atoms with Crippen LogP contribution in [0.4, 0.5) is 15.3 Å². The summed E-state index contributed by atoms with van der Waals surface area (Å²) in [4.78, 5) is 85.5. The fourth-order valence-corrected chi connectivity index (χ4v) is 9.05. The summed E-state index contributed by atoms with van der Waals surface area (Å²) in [5.41, 5.74) is 6.16. The first-order valence-corrected chi connectivity index (χ1v) is 24.7. The molecule has 0 radical (unpaired) electrons. The molecule has 8 rings (SSSR count). The Morgan fingerprint density at radius 1 is 0.606 bits per heavy atom. The molecule has 2 saturated heterocycles. The molecule has 0 bridgehead atoms. The quantitative estimate of drug-likeness (QED) is 0.0246. The van der Waals surface area contributed by atoms with E-state index in [1.165, 1.54) is 0 Å². The van der Waals surface area contributed by atoms with Crippen molar-refractivity contribution in [3.63, 3.8) is 0 Å². The molecule has 6 aromatic rings. The Kier molecular flexibility index (Phi) is 16.1. The van der Waals surface area contributed by atoms with Gasteiger partial charge in [0.15, 0.2) is 0 Å². The predicted molar refractivity (Wildman–Crippen MR) is 271 cm³/mol. The Morgan fingerprint density at radius 3 is 1.61 bits per heavy atom. The number of benzene rings is 4. The number of unbranched alkanes of at least 4 members (excludes halogenated alkanes) is 6. The highest BCUT2D eigenvalue weighted by Crippen LogP contribution is 2.29. The van der Waals surface area contributed by atoms with Crippen molar-refractivity contribution >= 4 is 69.3 Å². The molecule has 2 aliphatic heterocycles. The number of amidine groups is 2. The highest BCUT2D eigenvalue weighted by Gasteiger charge is 2.42. The van der Waals surface area contributed by atoms with Crippen LogP contribution in [0.3, 0.4) is 0 Å². The Labute approximate surface area is 411 Å². The zero-order valence-corrected chi connectivity index (χ0v) is 40.2. The van der Waals surface area contributed by atoms with Crippen LogP contribution >= 0.6 is 0 Å². The number of imidazole rings is 2. The van der Waals surface area contributed by atoms with Crippen LogP contribution in [0.5, 0.6) is 0 Å². The first kappa shape index (κ1) is 49.5. The van der Waals surface area contributed by atoms with Gasteiger partial charge in [0.05, 0.1) is 35.3 Å². The number of ether oxygens (including phenoxy) is 2. The van der Waals surface area contributed by atoms with E-state index in [0.717, 1.165) is 62.5 Å². The summed E-state index contributed by atoms with van der Waals surface area (Å²) < 4.78 is 10.4. The van der Waals surface area contributed by atoms with Crippen molar-refractivity contribution in [2.45, 2.75) is 103 Å². The van der Waals surface area contributed by atoms with E-state index in [9.17, 15) is 24.0 Å². The predicted octanol–water partition coefficient (Wildman–Crippen LogP) is 9.27. The summed E-state index contributed by atoms with van der Waals surface area (Å²) >= 11 is 0. The highest BCUT2D eigenvalue weighted by atomic mass is 16.6. The molecule has 18 heteroatoms. The molecular formula is C53H61N11O7. The zero-order valence-electron chi connectivity index (χ0n) is 40.2. The van der Waals surface area contributed by atoms with Crippen molar-refractivity contribution in [2.75, 3.05) is 31.6 Å². The maximum Gasteiger partial charge on any atom is 0.412 e. The molecule has 0 saturated carbocycles. The van der Waals surface area contributed by atoms with E-state index in [1.54, 1.807) is 82.6 Å². The number of rotatable bonds is 18. The Balaban J connectivity index is 0.840. The minimum absolute atomic E-state index is 0.0808. The largest absolute Gasteiger partial charge is 0.449 e. The number of anilines is 1. The number of amides is 5. The lowest BCUT2D eigenvalue weighted by Gasteiger charge is -2.31. The number of H-pyrrole nitrogens is 2. The third-order valence-electron chi connectivity index (χ3n) is 12.9. The van der Waals surface area contributed by atoms with Gasteiger partial charge in [-0.1, -0.05) is 64.5 Å². The van der Waals surface area contributed by atoms with Crippen molar-refractivity contribution in [3.8, 4) is 22.8 Å². The number of nitrogens with zero attached hydrogens (tertiary/aromatic N) is 4. The third kappa shape index (κ3) is 12.1. The summed E-state index contributed by atoms with van der Waals surface area (Å²) in [7, 11) is 0. The summed E-state index contributed by atoms with van der Waals surface area (Å²) in [6.07, 6.45) is 8.86. The zero-order chi connectivity index (χ0) is 49.9. The molecule has 7 N–H and O–H groups in total. The van der Waals surface area contributed by atoms with Crippen LogP contribution in [0.1, 0.15) is 112 Å². The van der Waals surface area contributed by atoms with Gasteiger partial charge in [-0.2, -0.15) is 0 Å². The molecule has 370 valence electrons. The number of alkyl carbamates (subject to hydrolysis) is 2. The van der Waals surface area contributed by atoms with Crippen LogP contribution in [-0.2, 0) is 19.1 Å². The van der Waals surface area contributed by atoms with Gasteiger partial charge in [-0.15, -0.1) is 0 Å². The van der Waals surface area contributed by atoms with E-state index in [1.807, 2.05) is 12.1 Å². The fraction of sp³-hybridized carbons (Fsp3) is 0.377. The van der Waals surface area contributed by atoms with Gasteiger partial charge in [0.1, 0.15) is 35.4 Å². The van der Waals surface area contributed by atoms with Gasteiger partial charge >= 0.3 is 12.2 Å². The molecule has 71 heavy (non-hydrogen) atoms. The van der Waals surface area contributed by atoms with E-state index in [-0.39, 0.29) is 29.4 Å². The Hall–Kier alpha value is -7.89. The van der Waals surface area contributed by atoms with Crippen molar-refractivity contribution < 1.29 is 33.4 Å². The SMILES string of the molecule is CCCCCCOC(=O)NC(=N)c1ccc2nc(-c3ccc(NC(=O)[C@@H]4CCCN4C(=O)[C@@H]4CCCN4C(=O)c4ccc(-c5nc6ccc(C(=N)NC(=O)OCCCCCC)cc6[nH]5)cc4)cc3)[nH]c2c1. The fourth-order valence-electron chi connectivity index (χ4n) is 9.05. The number of fused-ring (bicyclic) bond motifs is 2. The molecule has 18 nitrogen and oxygen atoms in total. The first-order valence-electron chi connectivity index (χ1n) is 24.7. The molecule has 2 atom stereocenters. The van der Waals surface area contributed by atoms with Gasteiger partial charge in [0.2, 0.25) is 11.8 Å². The summed E-state index contributed by atoms with van der Waals surface area (Å²) in [5.74, 6) is 0.185. The molecule has 2 fully saturated rings. The van der Waals surface area contributed by atoms with E-state index >= 15 is 0 Å². The second-order valence-corrected chi connectivity index (χ2v) is 18.0.